The molecule has 0 saturated carbocycles. The molecule has 13 heavy (non-hydrogen) atoms. The third-order valence-electron chi connectivity index (χ3n) is 1.40. The molecule has 0 radical (unpaired) electrons. The van der Waals surface area contributed by atoms with E-state index < -0.39 is 4.92 Å². The van der Waals surface area contributed by atoms with Crippen molar-refractivity contribution in [1.29, 1.82) is 0 Å². The number of benzene rings is 1. The van der Waals surface area contributed by atoms with Crippen LogP contribution in [0.2, 0.25) is 0 Å². The van der Waals surface area contributed by atoms with E-state index in [1.165, 1.54) is 24.3 Å². The van der Waals surface area contributed by atoms with Crippen molar-refractivity contribution in [3.8, 4) is 0 Å². The van der Waals surface area contributed by atoms with Gasteiger partial charge in [0.2, 0.25) is 0 Å². The molecule has 1 N–H and O–H groups in total. The second-order valence-electron chi connectivity index (χ2n) is 2.19. The summed E-state index contributed by atoms with van der Waals surface area (Å²) in [5.41, 5.74) is 0.390. The maximum atomic E-state index is 10.2. The number of hydrogen-bond acceptors (Lipinski definition) is 4. The van der Waals surface area contributed by atoms with Gasteiger partial charge in [-0.25, -0.2) is 0 Å². The lowest BCUT2D eigenvalue weighted by Crippen LogP contribution is -1.92. The van der Waals surface area contributed by atoms with Crippen molar-refractivity contribution in [2.75, 3.05) is 0 Å². The molecule has 5 nitrogen and oxygen atoms in total. The van der Waals surface area contributed by atoms with E-state index in [-0.39, 0.29) is 10.9 Å². The molecular formula is C7H5ClN2O3. The van der Waals surface area contributed by atoms with Gasteiger partial charge in [-0.05, 0) is 12.1 Å². The van der Waals surface area contributed by atoms with Crippen LogP contribution < -0.4 is 0 Å². The van der Waals surface area contributed by atoms with Gasteiger partial charge in [-0.3, -0.25) is 10.1 Å². The van der Waals surface area contributed by atoms with Gasteiger partial charge < -0.3 is 5.21 Å². The molecule has 1 rings (SSSR count). The predicted molar refractivity (Wildman–Crippen MR) is 47.3 cm³/mol. The monoisotopic (exact) mass is 200 g/mol. The van der Waals surface area contributed by atoms with E-state index in [2.05, 4.69) is 5.16 Å². The number of nitro groups is 1. The van der Waals surface area contributed by atoms with Crippen LogP contribution in [0.15, 0.2) is 29.4 Å². The van der Waals surface area contributed by atoms with Crippen molar-refractivity contribution in [2.45, 2.75) is 0 Å². The van der Waals surface area contributed by atoms with Gasteiger partial charge in [-0.2, -0.15) is 0 Å². The van der Waals surface area contributed by atoms with E-state index in [0.29, 0.717) is 5.56 Å². The Morgan fingerprint density at radius 1 is 1.46 bits per heavy atom. The number of non-ortho nitro benzene ring substituents is 1. The summed E-state index contributed by atoms with van der Waals surface area (Å²) in [5, 5.41) is 21.2. The first-order chi connectivity index (χ1) is 6.15. The van der Waals surface area contributed by atoms with Crippen LogP contribution in [-0.4, -0.2) is 15.3 Å². The van der Waals surface area contributed by atoms with Gasteiger partial charge >= 0.3 is 0 Å². The van der Waals surface area contributed by atoms with Crippen molar-refractivity contribution in [2.24, 2.45) is 5.16 Å². The van der Waals surface area contributed by atoms with Crippen LogP contribution in [0, 0.1) is 10.1 Å². The van der Waals surface area contributed by atoms with Crippen LogP contribution in [0.1, 0.15) is 5.56 Å². The molecule has 0 aliphatic rings. The molecule has 0 saturated heterocycles. The van der Waals surface area contributed by atoms with E-state index in [1.807, 2.05) is 0 Å². The number of oxime groups is 1. The smallest absolute Gasteiger partial charge is 0.269 e. The summed E-state index contributed by atoms with van der Waals surface area (Å²) in [4.78, 5) is 9.72. The fourth-order valence-corrected chi connectivity index (χ4v) is 0.904. The van der Waals surface area contributed by atoms with Gasteiger partial charge in [0.1, 0.15) is 0 Å². The van der Waals surface area contributed by atoms with Crippen LogP contribution >= 0.6 is 11.6 Å². The van der Waals surface area contributed by atoms with Gasteiger partial charge in [0.05, 0.1) is 4.92 Å². The Morgan fingerprint density at radius 3 is 2.38 bits per heavy atom. The first-order valence-corrected chi connectivity index (χ1v) is 3.65. The Labute approximate surface area is 78.4 Å². The first-order valence-electron chi connectivity index (χ1n) is 3.27. The molecule has 0 atom stereocenters. The largest absolute Gasteiger partial charge is 0.410 e. The Balaban J connectivity index is 3.00. The average Bonchev–Trinajstić information content (AvgIpc) is 2.17. The molecule has 1 aromatic rings. The molecule has 6 heteroatoms. The number of hydrogen-bond donors (Lipinski definition) is 1. The number of nitro benzene ring substituents is 1. The highest BCUT2D eigenvalue weighted by Gasteiger charge is 2.05. The minimum Gasteiger partial charge on any atom is -0.410 e. The highest BCUT2D eigenvalue weighted by atomic mass is 35.5. The summed E-state index contributed by atoms with van der Waals surface area (Å²) in [5.74, 6) is 0. The van der Waals surface area contributed by atoms with E-state index in [9.17, 15) is 10.1 Å². The zero-order valence-corrected chi connectivity index (χ0v) is 7.10. The number of nitrogens with zero attached hydrogens (tertiary/aromatic N) is 2. The molecule has 0 aliphatic carbocycles. The van der Waals surface area contributed by atoms with Gasteiger partial charge in [0.15, 0.2) is 5.17 Å². The molecule has 68 valence electrons. The van der Waals surface area contributed by atoms with E-state index in [0.717, 1.165) is 0 Å². The SMILES string of the molecule is O=[N+]([O-])c1ccc(/C(Cl)=N\O)cc1. The van der Waals surface area contributed by atoms with Crippen molar-refractivity contribution < 1.29 is 10.1 Å². The Hall–Kier alpha value is -1.62. The molecule has 0 heterocycles. The second kappa shape index (κ2) is 3.86. The lowest BCUT2D eigenvalue weighted by molar-refractivity contribution is -0.384. The normalized spacial score (nSPS) is 11.3. The summed E-state index contributed by atoms with van der Waals surface area (Å²) in [6.45, 7) is 0. The molecule has 0 unspecified atom stereocenters. The van der Waals surface area contributed by atoms with Crippen LogP contribution in [0.25, 0.3) is 0 Å². The highest BCUT2D eigenvalue weighted by molar-refractivity contribution is 6.69. The molecule has 0 fully saturated rings. The molecule has 0 aromatic heterocycles. The van der Waals surface area contributed by atoms with Crippen molar-refractivity contribution in [3.05, 3.63) is 39.9 Å². The predicted octanol–water partition coefficient (Wildman–Crippen LogP) is 1.97. The maximum Gasteiger partial charge on any atom is 0.269 e. The number of rotatable bonds is 2. The average molecular weight is 201 g/mol. The van der Waals surface area contributed by atoms with Crippen LogP contribution in [0.5, 0.6) is 0 Å². The quantitative estimate of drug-likeness (QED) is 0.343. The minimum absolute atomic E-state index is 0.0360. The lowest BCUT2D eigenvalue weighted by Gasteiger charge is -1.94. The van der Waals surface area contributed by atoms with Crippen LogP contribution in [0.4, 0.5) is 5.69 Å². The van der Waals surface area contributed by atoms with E-state index >= 15 is 0 Å². The summed E-state index contributed by atoms with van der Waals surface area (Å²) in [6.07, 6.45) is 0. The third-order valence-corrected chi connectivity index (χ3v) is 1.70. The Morgan fingerprint density at radius 2 is 2.00 bits per heavy atom. The zero-order chi connectivity index (χ0) is 9.84. The van der Waals surface area contributed by atoms with Crippen molar-refractivity contribution in [3.63, 3.8) is 0 Å². The summed E-state index contributed by atoms with van der Waals surface area (Å²) in [6, 6.07) is 5.37. The fourth-order valence-electron chi connectivity index (χ4n) is 0.778. The summed E-state index contributed by atoms with van der Waals surface area (Å²) >= 11 is 5.45. The van der Waals surface area contributed by atoms with Crippen LogP contribution in [-0.2, 0) is 0 Å². The van der Waals surface area contributed by atoms with Gasteiger partial charge in [0, 0.05) is 17.7 Å². The summed E-state index contributed by atoms with van der Waals surface area (Å²) in [7, 11) is 0. The standard InChI is InChI=1S/C7H5ClN2O3/c8-7(9-11)5-1-3-6(4-2-5)10(12)13/h1-4,11H/b9-7+. The Bertz CT molecular complexity index is 347. The van der Waals surface area contributed by atoms with E-state index in [1.54, 1.807) is 0 Å². The topological polar surface area (TPSA) is 75.7 Å². The molecule has 0 amide bonds. The van der Waals surface area contributed by atoms with Gasteiger partial charge in [-0.1, -0.05) is 16.8 Å². The van der Waals surface area contributed by atoms with Crippen LogP contribution in [0.3, 0.4) is 0 Å². The molecular weight excluding hydrogens is 196 g/mol. The second-order valence-corrected chi connectivity index (χ2v) is 2.55. The Kier molecular flexibility index (Phi) is 2.81. The fraction of sp³-hybridized carbons (Fsp3) is 0. The van der Waals surface area contributed by atoms with Gasteiger partial charge in [-0.15, -0.1) is 0 Å². The first kappa shape index (κ1) is 9.47. The van der Waals surface area contributed by atoms with Crippen molar-refractivity contribution in [1.82, 2.24) is 0 Å². The van der Waals surface area contributed by atoms with Crippen molar-refractivity contribution >= 4 is 22.5 Å². The maximum absolute atomic E-state index is 10.2. The van der Waals surface area contributed by atoms with Gasteiger partial charge in [0.25, 0.3) is 5.69 Å². The lowest BCUT2D eigenvalue weighted by atomic mass is 10.2. The number of halogens is 1. The minimum atomic E-state index is -0.520. The molecule has 0 aliphatic heterocycles. The van der Waals surface area contributed by atoms with E-state index in [4.69, 9.17) is 16.8 Å². The zero-order valence-electron chi connectivity index (χ0n) is 6.35. The molecule has 0 spiro atoms. The third kappa shape index (κ3) is 2.16. The molecule has 1 aromatic carbocycles. The highest BCUT2D eigenvalue weighted by Crippen LogP contribution is 2.13. The molecule has 0 bridgehead atoms. The summed E-state index contributed by atoms with van der Waals surface area (Å²) < 4.78 is 0.